The van der Waals surface area contributed by atoms with E-state index in [1.165, 1.54) is 6.26 Å². The summed E-state index contributed by atoms with van der Waals surface area (Å²) in [5, 5.41) is 1.01. The zero-order chi connectivity index (χ0) is 23.6. The van der Waals surface area contributed by atoms with E-state index >= 15 is 0 Å². The second-order valence-corrected chi connectivity index (χ2v) is 10.7. The van der Waals surface area contributed by atoms with E-state index in [0.29, 0.717) is 6.61 Å². The van der Waals surface area contributed by atoms with Crippen LogP contribution in [0, 0.1) is 6.92 Å². The van der Waals surface area contributed by atoms with Crippen molar-refractivity contribution in [2.75, 3.05) is 12.9 Å². The van der Waals surface area contributed by atoms with Gasteiger partial charge in [-0.15, -0.1) is 0 Å². The zero-order valence-electron chi connectivity index (χ0n) is 18.6. The Morgan fingerprint density at radius 2 is 1.85 bits per heavy atom. The number of sulfone groups is 1. The lowest BCUT2D eigenvalue weighted by Crippen LogP contribution is -2.14. The first kappa shape index (κ1) is 23.1. The van der Waals surface area contributed by atoms with E-state index < -0.39 is 9.84 Å². The summed E-state index contributed by atoms with van der Waals surface area (Å²) < 4.78 is 30.8. The van der Waals surface area contributed by atoms with E-state index in [1.807, 2.05) is 42.0 Å². The van der Waals surface area contributed by atoms with Gasteiger partial charge in [-0.2, -0.15) is 0 Å². The molecule has 0 saturated heterocycles. The van der Waals surface area contributed by atoms with Crippen molar-refractivity contribution in [1.82, 2.24) is 9.55 Å². The molecule has 0 aliphatic rings. The topological polar surface area (TPSA) is 78.3 Å². The Bertz CT molecular complexity index is 1410. The van der Waals surface area contributed by atoms with Crippen LogP contribution in [0.1, 0.15) is 12.6 Å². The maximum atomic E-state index is 12.3. The summed E-state index contributed by atoms with van der Waals surface area (Å²) in [6.45, 7) is 4.23. The Labute approximate surface area is 197 Å². The zero-order valence-corrected chi connectivity index (χ0v) is 20.2. The molecule has 6 nitrogen and oxygen atoms in total. The van der Waals surface area contributed by atoms with Gasteiger partial charge in [0, 0.05) is 50.6 Å². The van der Waals surface area contributed by atoms with Crippen LogP contribution >= 0.6 is 11.8 Å². The van der Waals surface area contributed by atoms with Gasteiger partial charge in [0.2, 0.25) is 0 Å². The van der Waals surface area contributed by atoms with E-state index in [-0.39, 0.29) is 17.4 Å². The second kappa shape index (κ2) is 9.41. The van der Waals surface area contributed by atoms with Gasteiger partial charge < -0.3 is 9.30 Å². The van der Waals surface area contributed by atoms with Gasteiger partial charge in [-0.3, -0.25) is 9.78 Å². The summed E-state index contributed by atoms with van der Waals surface area (Å²) >= 11 is 1.54. The molecular formula is C25H24N2O4S2. The van der Waals surface area contributed by atoms with Gasteiger partial charge in [-0.1, -0.05) is 23.9 Å². The molecule has 0 aliphatic heterocycles. The van der Waals surface area contributed by atoms with E-state index in [2.05, 4.69) is 11.1 Å². The lowest BCUT2D eigenvalue weighted by Gasteiger charge is -2.08. The van der Waals surface area contributed by atoms with Gasteiger partial charge in [0.05, 0.1) is 11.5 Å². The Morgan fingerprint density at radius 1 is 1.09 bits per heavy atom. The Hall–Kier alpha value is -3.10. The lowest BCUT2D eigenvalue weighted by atomic mass is 10.1. The maximum Gasteiger partial charge on any atom is 0.325 e. The second-order valence-electron chi connectivity index (χ2n) is 7.62. The van der Waals surface area contributed by atoms with Gasteiger partial charge in [-0.05, 0) is 61.9 Å². The molecule has 2 aromatic heterocycles. The molecule has 0 fully saturated rings. The van der Waals surface area contributed by atoms with Crippen molar-refractivity contribution >= 4 is 38.5 Å². The molecule has 4 aromatic rings. The molecule has 0 radical (unpaired) electrons. The molecule has 0 spiro atoms. The number of carbonyl (C=O) groups excluding carboxylic acids is 1. The van der Waals surface area contributed by atoms with Crippen LogP contribution in [-0.4, -0.2) is 36.8 Å². The van der Waals surface area contributed by atoms with Gasteiger partial charge in [0.15, 0.2) is 9.84 Å². The quantitative estimate of drug-likeness (QED) is 0.341. The third kappa shape index (κ3) is 4.96. The number of hydrogen-bond donors (Lipinski definition) is 0. The molecule has 0 aliphatic carbocycles. The van der Waals surface area contributed by atoms with Crippen LogP contribution < -0.4 is 0 Å². The molecule has 0 amide bonds. The largest absolute Gasteiger partial charge is 0.465 e. The smallest absolute Gasteiger partial charge is 0.325 e. The monoisotopic (exact) mass is 480 g/mol. The molecule has 0 bridgehead atoms. The first-order valence-corrected chi connectivity index (χ1v) is 13.2. The highest BCUT2D eigenvalue weighted by Crippen LogP contribution is 2.40. The van der Waals surface area contributed by atoms with Crippen molar-refractivity contribution in [2.24, 2.45) is 0 Å². The normalized spacial score (nSPS) is 11.6. The van der Waals surface area contributed by atoms with Crippen molar-refractivity contribution in [2.45, 2.75) is 35.1 Å². The van der Waals surface area contributed by atoms with Crippen LogP contribution in [0.4, 0.5) is 0 Å². The van der Waals surface area contributed by atoms with Crippen molar-refractivity contribution in [3.8, 4) is 11.1 Å². The minimum atomic E-state index is -3.26. The fraction of sp³-hybridized carbons (Fsp3) is 0.200. The summed E-state index contributed by atoms with van der Waals surface area (Å²) in [4.78, 5) is 18.7. The third-order valence-electron chi connectivity index (χ3n) is 5.32. The minimum Gasteiger partial charge on any atom is -0.465 e. The Balaban J connectivity index is 1.81. The molecule has 8 heteroatoms. The minimum absolute atomic E-state index is 0.121. The van der Waals surface area contributed by atoms with Crippen LogP contribution in [0.3, 0.4) is 0 Å². The van der Waals surface area contributed by atoms with Crippen LogP contribution in [0.15, 0.2) is 81.7 Å². The average Bonchev–Trinajstić information content (AvgIpc) is 3.05. The number of fused-ring (bicyclic) bond motifs is 1. The first-order chi connectivity index (χ1) is 15.8. The number of benzene rings is 2. The average molecular weight is 481 g/mol. The molecular weight excluding hydrogens is 456 g/mol. The molecule has 4 rings (SSSR count). The standard InChI is InChI=1S/C25H24N2O4S2/c1-4-31-24(28)16-27-17(2)25(32-20-8-10-21(11-9-20)33(3,29)30)22-14-18(7-12-23(22)27)19-6-5-13-26-15-19/h5-15H,4,16H2,1-3H3. The van der Waals surface area contributed by atoms with Crippen molar-refractivity contribution in [3.05, 3.63) is 72.7 Å². The number of esters is 1. The number of hydrogen-bond acceptors (Lipinski definition) is 6. The Kier molecular flexibility index (Phi) is 6.58. The molecule has 170 valence electrons. The van der Waals surface area contributed by atoms with Crippen molar-refractivity contribution < 1.29 is 17.9 Å². The number of aromatic nitrogens is 2. The number of ether oxygens (including phenoxy) is 1. The van der Waals surface area contributed by atoms with Gasteiger partial charge in [0.25, 0.3) is 0 Å². The summed E-state index contributed by atoms with van der Waals surface area (Å²) in [5.74, 6) is -0.289. The van der Waals surface area contributed by atoms with Gasteiger partial charge in [-0.25, -0.2) is 8.42 Å². The number of rotatable bonds is 7. The Morgan fingerprint density at radius 3 is 2.48 bits per heavy atom. The number of nitrogens with zero attached hydrogens (tertiary/aromatic N) is 2. The molecule has 33 heavy (non-hydrogen) atoms. The summed E-state index contributed by atoms with van der Waals surface area (Å²) in [6.07, 6.45) is 4.76. The number of pyridine rings is 1. The van der Waals surface area contributed by atoms with Crippen molar-refractivity contribution in [1.29, 1.82) is 0 Å². The molecule has 0 N–H and O–H groups in total. The predicted octanol–water partition coefficient (Wildman–Crippen LogP) is 5.13. The van der Waals surface area contributed by atoms with E-state index in [0.717, 1.165) is 37.5 Å². The maximum absolute atomic E-state index is 12.3. The van der Waals surface area contributed by atoms with E-state index in [1.54, 1.807) is 49.1 Å². The summed E-state index contributed by atoms with van der Waals surface area (Å²) in [7, 11) is -3.26. The fourth-order valence-corrected chi connectivity index (χ4v) is 5.38. The molecule has 0 saturated carbocycles. The third-order valence-corrected chi connectivity index (χ3v) is 7.68. The molecule has 0 unspecified atom stereocenters. The van der Waals surface area contributed by atoms with Crippen LogP contribution in [0.25, 0.3) is 22.0 Å². The molecule has 2 heterocycles. The molecule has 0 atom stereocenters. The SMILES string of the molecule is CCOC(=O)Cn1c(C)c(Sc2ccc(S(C)(=O)=O)cc2)c2cc(-c3cccnc3)ccc21. The van der Waals surface area contributed by atoms with Crippen LogP contribution in [-0.2, 0) is 25.9 Å². The van der Waals surface area contributed by atoms with Gasteiger partial charge in [0.1, 0.15) is 6.54 Å². The highest BCUT2D eigenvalue weighted by atomic mass is 32.2. The first-order valence-electron chi connectivity index (χ1n) is 10.4. The van der Waals surface area contributed by atoms with Crippen LogP contribution in [0.5, 0.6) is 0 Å². The fourth-order valence-electron chi connectivity index (χ4n) is 3.71. The highest BCUT2D eigenvalue weighted by molar-refractivity contribution is 7.99. The summed E-state index contributed by atoms with van der Waals surface area (Å²) in [6, 6.07) is 16.9. The van der Waals surface area contributed by atoms with Gasteiger partial charge >= 0.3 is 5.97 Å². The lowest BCUT2D eigenvalue weighted by molar-refractivity contribution is -0.143. The summed E-state index contributed by atoms with van der Waals surface area (Å²) in [5.41, 5.74) is 3.91. The van der Waals surface area contributed by atoms with E-state index in [9.17, 15) is 13.2 Å². The number of carbonyl (C=O) groups is 1. The van der Waals surface area contributed by atoms with Crippen molar-refractivity contribution in [3.63, 3.8) is 0 Å². The van der Waals surface area contributed by atoms with Crippen LogP contribution in [0.2, 0.25) is 0 Å². The highest BCUT2D eigenvalue weighted by Gasteiger charge is 2.19. The molecule has 2 aromatic carbocycles. The predicted molar refractivity (Wildman–Crippen MR) is 130 cm³/mol. The van der Waals surface area contributed by atoms with E-state index in [4.69, 9.17) is 4.74 Å².